The van der Waals surface area contributed by atoms with Gasteiger partial charge >= 0.3 is 0 Å². The minimum Gasteiger partial charge on any atom is -0.494 e. The molecule has 1 atom stereocenters. The molecule has 252 valence electrons. The quantitative estimate of drug-likeness (QED) is 0.149. The highest BCUT2D eigenvalue weighted by molar-refractivity contribution is 7.92. The van der Waals surface area contributed by atoms with E-state index in [9.17, 15) is 18.0 Å². The topological polar surface area (TPSA) is 96.0 Å². The van der Waals surface area contributed by atoms with Crippen LogP contribution < -0.4 is 14.4 Å². The van der Waals surface area contributed by atoms with Gasteiger partial charge in [-0.05, 0) is 79.4 Å². The number of ether oxygens (including phenoxy) is 1. The van der Waals surface area contributed by atoms with Crippen LogP contribution in [0.4, 0.5) is 5.69 Å². The van der Waals surface area contributed by atoms with Crippen LogP contribution in [0.5, 0.6) is 5.75 Å². The molecule has 0 saturated heterocycles. The van der Waals surface area contributed by atoms with Crippen LogP contribution in [0.3, 0.4) is 0 Å². The van der Waals surface area contributed by atoms with Crippen molar-refractivity contribution in [2.24, 2.45) is 0 Å². The highest BCUT2D eigenvalue weighted by atomic mass is 35.5. The van der Waals surface area contributed by atoms with Gasteiger partial charge in [-0.15, -0.1) is 0 Å². The summed E-state index contributed by atoms with van der Waals surface area (Å²) >= 11 is 12.6. The van der Waals surface area contributed by atoms with E-state index in [1.54, 1.807) is 60.7 Å². The second-order valence-corrected chi connectivity index (χ2v) is 14.4. The Kier molecular flexibility index (Phi) is 12.0. The van der Waals surface area contributed by atoms with Gasteiger partial charge in [0.1, 0.15) is 18.3 Å². The lowest BCUT2D eigenvalue weighted by Gasteiger charge is -2.34. The van der Waals surface area contributed by atoms with Crippen LogP contribution in [-0.2, 0) is 32.6 Å². The Bertz CT molecular complexity index is 1790. The van der Waals surface area contributed by atoms with Crippen LogP contribution in [0.1, 0.15) is 43.7 Å². The van der Waals surface area contributed by atoms with Crippen molar-refractivity contribution in [1.29, 1.82) is 0 Å². The van der Waals surface area contributed by atoms with E-state index in [2.05, 4.69) is 5.32 Å². The molecule has 1 fully saturated rings. The van der Waals surface area contributed by atoms with Crippen molar-refractivity contribution in [3.05, 3.63) is 124 Å². The van der Waals surface area contributed by atoms with E-state index < -0.39 is 28.5 Å². The number of carbonyl (C=O) groups is 2. The predicted molar refractivity (Wildman–Crippen MR) is 190 cm³/mol. The Morgan fingerprint density at radius 3 is 2.12 bits per heavy atom. The molecule has 1 N–H and O–H groups in total. The van der Waals surface area contributed by atoms with E-state index in [0.717, 1.165) is 35.6 Å². The molecule has 8 nitrogen and oxygen atoms in total. The molecule has 0 radical (unpaired) electrons. The third-order valence-electron chi connectivity index (χ3n) is 8.36. The second-order valence-electron chi connectivity index (χ2n) is 11.7. The molecule has 1 aliphatic carbocycles. The number of halogens is 2. The Morgan fingerprint density at radius 1 is 0.854 bits per heavy atom. The van der Waals surface area contributed by atoms with Crippen molar-refractivity contribution < 1.29 is 22.7 Å². The molecule has 0 aliphatic heterocycles. The summed E-state index contributed by atoms with van der Waals surface area (Å²) < 4.78 is 35.0. The Hall–Kier alpha value is -4.05. The number of sulfonamides is 1. The third kappa shape index (κ3) is 8.89. The number of hydrogen-bond donors (Lipinski definition) is 1. The number of carbonyl (C=O) groups excluding carboxylic acids is 2. The molecule has 1 saturated carbocycles. The molecule has 0 bridgehead atoms. The SMILES string of the molecule is CCOc1ccc(S(=O)(=O)N(CC(=O)N(Cc2ccc(Cl)c(Cl)c2)C(Cc2ccccc2)C(=O)NC2CCCC2)c2ccccc2)cc1. The number of rotatable bonds is 14. The summed E-state index contributed by atoms with van der Waals surface area (Å²) in [5.41, 5.74) is 1.81. The number of para-hydroxylation sites is 1. The number of nitrogens with zero attached hydrogens (tertiary/aromatic N) is 2. The summed E-state index contributed by atoms with van der Waals surface area (Å²) in [5, 5.41) is 3.84. The summed E-state index contributed by atoms with van der Waals surface area (Å²) in [6, 6.07) is 28.1. The van der Waals surface area contributed by atoms with Gasteiger partial charge in [0.25, 0.3) is 10.0 Å². The minimum absolute atomic E-state index is 0.00143. The smallest absolute Gasteiger partial charge is 0.264 e. The van der Waals surface area contributed by atoms with Crippen molar-refractivity contribution in [3.63, 3.8) is 0 Å². The minimum atomic E-state index is -4.23. The first-order chi connectivity index (χ1) is 23.2. The molecule has 1 unspecified atom stereocenters. The van der Waals surface area contributed by atoms with Gasteiger partial charge in [0, 0.05) is 19.0 Å². The van der Waals surface area contributed by atoms with Crippen LogP contribution in [0.15, 0.2) is 108 Å². The highest BCUT2D eigenvalue weighted by Gasteiger charge is 2.35. The standard InChI is InChI=1S/C37H39Cl2N3O5S/c1-2-47-31-18-20-32(21-19-31)48(45,46)42(30-15-7-4-8-16-30)26-36(43)41(25-28-17-22-33(38)34(39)23-28)35(24-27-11-5-3-6-12-27)37(44)40-29-13-9-10-14-29/h3-8,11-12,15-23,29,35H,2,9-10,13-14,24-26H2,1H3,(H,40,44). The van der Waals surface area contributed by atoms with Crippen LogP contribution in [-0.4, -0.2) is 50.4 Å². The first-order valence-corrected chi connectivity index (χ1v) is 18.2. The maximum atomic E-state index is 14.6. The van der Waals surface area contributed by atoms with E-state index in [1.165, 1.54) is 17.0 Å². The third-order valence-corrected chi connectivity index (χ3v) is 10.9. The Labute approximate surface area is 292 Å². The fourth-order valence-electron chi connectivity index (χ4n) is 5.88. The van der Waals surface area contributed by atoms with Gasteiger partial charge in [-0.3, -0.25) is 13.9 Å². The van der Waals surface area contributed by atoms with Gasteiger partial charge in [0.2, 0.25) is 11.8 Å². The lowest BCUT2D eigenvalue weighted by Crippen LogP contribution is -2.54. The fraction of sp³-hybridized carbons (Fsp3) is 0.297. The average molecular weight is 709 g/mol. The molecule has 0 heterocycles. The molecular formula is C37H39Cl2N3O5S. The summed E-state index contributed by atoms with van der Waals surface area (Å²) in [4.78, 5) is 30.2. The molecule has 4 aromatic rings. The lowest BCUT2D eigenvalue weighted by atomic mass is 10.0. The Morgan fingerprint density at radius 2 is 1.50 bits per heavy atom. The summed E-state index contributed by atoms with van der Waals surface area (Å²) in [5.74, 6) is -0.314. The van der Waals surface area contributed by atoms with Crippen molar-refractivity contribution in [2.45, 2.75) is 62.6 Å². The molecule has 0 aromatic heterocycles. The zero-order valence-electron chi connectivity index (χ0n) is 26.7. The van der Waals surface area contributed by atoms with Crippen molar-refractivity contribution in [3.8, 4) is 5.75 Å². The number of anilines is 1. The first kappa shape index (κ1) is 35.3. The summed E-state index contributed by atoms with van der Waals surface area (Å²) in [6.07, 6.45) is 4.01. The second kappa shape index (κ2) is 16.4. The van der Waals surface area contributed by atoms with Gasteiger partial charge < -0.3 is 15.0 Å². The first-order valence-electron chi connectivity index (χ1n) is 16.0. The number of amides is 2. The van der Waals surface area contributed by atoms with Crippen LogP contribution >= 0.6 is 23.2 Å². The van der Waals surface area contributed by atoms with Crippen molar-refractivity contribution >= 4 is 50.7 Å². The highest BCUT2D eigenvalue weighted by Crippen LogP contribution is 2.28. The van der Waals surface area contributed by atoms with E-state index in [0.29, 0.717) is 33.7 Å². The maximum Gasteiger partial charge on any atom is 0.264 e. The molecular weight excluding hydrogens is 669 g/mol. The average Bonchev–Trinajstić information content (AvgIpc) is 3.61. The molecule has 1 aliphatic rings. The van der Waals surface area contributed by atoms with Gasteiger partial charge in [-0.25, -0.2) is 8.42 Å². The fourth-order valence-corrected chi connectivity index (χ4v) is 7.62. The zero-order valence-corrected chi connectivity index (χ0v) is 29.1. The predicted octanol–water partition coefficient (Wildman–Crippen LogP) is 7.29. The molecule has 48 heavy (non-hydrogen) atoms. The number of hydrogen-bond acceptors (Lipinski definition) is 5. The molecule has 0 spiro atoms. The van der Waals surface area contributed by atoms with Gasteiger partial charge in [-0.2, -0.15) is 0 Å². The van der Waals surface area contributed by atoms with Crippen LogP contribution in [0, 0.1) is 0 Å². The summed E-state index contributed by atoms with van der Waals surface area (Å²) in [6.45, 7) is 1.72. The van der Waals surface area contributed by atoms with Crippen LogP contribution in [0.25, 0.3) is 0 Å². The van der Waals surface area contributed by atoms with E-state index in [4.69, 9.17) is 27.9 Å². The van der Waals surface area contributed by atoms with Gasteiger partial charge in [-0.1, -0.05) is 90.6 Å². The lowest BCUT2D eigenvalue weighted by molar-refractivity contribution is -0.140. The molecule has 5 rings (SSSR count). The van der Waals surface area contributed by atoms with Gasteiger partial charge in [0.05, 0.1) is 27.2 Å². The van der Waals surface area contributed by atoms with Crippen molar-refractivity contribution in [1.82, 2.24) is 10.2 Å². The normalized spacial score (nSPS) is 13.9. The van der Waals surface area contributed by atoms with Crippen molar-refractivity contribution in [2.75, 3.05) is 17.5 Å². The molecule has 11 heteroatoms. The van der Waals surface area contributed by atoms with E-state index >= 15 is 0 Å². The van der Waals surface area contributed by atoms with Crippen LogP contribution in [0.2, 0.25) is 10.0 Å². The number of benzene rings is 4. The van der Waals surface area contributed by atoms with Gasteiger partial charge in [0.15, 0.2) is 0 Å². The zero-order chi connectivity index (χ0) is 34.1. The largest absolute Gasteiger partial charge is 0.494 e. The summed E-state index contributed by atoms with van der Waals surface area (Å²) in [7, 11) is -4.23. The maximum absolute atomic E-state index is 14.6. The van der Waals surface area contributed by atoms with E-state index in [-0.39, 0.29) is 29.8 Å². The number of nitrogens with one attached hydrogen (secondary N) is 1. The molecule has 2 amide bonds. The molecule has 4 aromatic carbocycles. The monoisotopic (exact) mass is 707 g/mol. The Balaban J connectivity index is 1.55. The van der Waals surface area contributed by atoms with E-state index in [1.807, 2.05) is 37.3 Å².